The number of amides is 1. The maximum Gasteiger partial charge on any atom is 0.410 e. The van der Waals surface area contributed by atoms with Crippen molar-refractivity contribution in [2.24, 2.45) is 0 Å². The predicted molar refractivity (Wildman–Crippen MR) is 126 cm³/mol. The first-order chi connectivity index (χ1) is 16.5. The lowest BCUT2D eigenvalue weighted by Gasteiger charge is -2.34. The monoisotopic (exact) mass is 468 g/mol. The number of carbonyl (C=O) groups is 3. The molecule has 0 atom stereocenters. The molecule has 1 aliphatic rings. The van der Waals surface area contributed by atoms with Gasteiger partial charge in [0.1, 0.15) is 6.61 Å². The lowest BCUT2D eigenvalue weighted by atomic mass is 9.98. The second kappa shape index (κ2) is 12.7. The quantitative estimate of drug-likeness (QED) is 0.317. The van der Waals surface area contributed by atoms with Crippen LogP contribution in [0.4, 0.5) is 4.79 Å². The minimum Gasteiger partial charge on any atom is -0.465 e. The molecule has 8 heteroatoms. The highest BCUT2D eigenvalue weighted by molar-refractivity contribution is 6.00. The average molecular weight is 469 g/mol. The minimum absolute atomic E-state index is 0.193. The summed E-state index contributed by atoms with van der Waals surface area (Å²) < 4.78 is 15.5. The fourth-order valence-electron chi connectivity index (χ4n) is 3.79. The third-order valence-electron chi connectivity index (χ3n) is 5.60. The van der Waals surface area contributed by atoms with Crippen LogP contribution in [-0.4, -0.2) is 67.2 Å². The highest BCUT2D eigenvalue weighted by Gasteiger charge is 2.31. The highest BCUT2D eigenvalue weighted by atomic mass is 16.6. The van der Waals surface area contributed by atoms with E-state index in [1.54, 1.807) is 30.9 Å². The SMILES string of the molecule is CCOC(=O)C(C(=O)OCC)c1ccc(CN2CCN(C(=O)OCc3ccccc3)CC2)cc1. The summed E-state index contributed by atoms with van der Waals surface area (Å²) in [6, 6.07) is 17.0. The first kappa shape index (κ1) is 25.2. The van der Waals surface area contributed by atoms with Crippen LogP contribution in [-0.2, 0) is 37.0 Å². The standard InChI is InChI=1S/C26H32N2O6/c1-3-32-24(29)23(25(30)33-4-2)22-12-10-20(11-13-22)18-27-14-16-28(17-15-27)26(31)34-19-21-8-6-5-7-9-21/h5-13,23H,3-4,14-19H2,1-2H3. The fraction of sp³-hybridized carbons (Fsp3) is 0.423. The van der Waals surface area contributed by atoms with Crippen LogP contribution in [0.2, 0.25) is 0 Å². The van der Waals surface area contributed by atoms with E-state index < -0.39 is 17.9 Å². The predicted octanol–water partition coefficient (Wildman–Crippen LogP) is 3.35. The van der Waals surface area contributed by atoms with Crippen LogP contribution in [0.25, 0.3) is 0 Å². The van der Waals surface area contributed by atoms with Crippen molar-refractivity contribution in [1.82, 2.24) is 9.80 Å². The molecule has 1 fully saturated rings. The summed E-state index contributed by atoms with van der Waals surface area (Å²) in [6.45, 7) is 7.42. The Morgan fingerprint density at radius 2 is 1.35 bits per heavy atom. The summed E-state index contributed by atoms with van der Waals surface area (Å²) in [6.07, 6.45) is -0.295. The van der Waals surface area contributed by atoms with Crippen LogP contribution in [0.1, 0.15) is 36.5 Å². The molecular formula is C26H32N2O6. The van der Waals surface area contributed by atoms with E-state index in [0.717, 1.165) is 24.2 Å². The van der Waals surface area contributed by atoms with Crippen molar-refractivity contribution < 1.29 is 28.6 Å². The van der Waals surface area contributed by atoms with E-state index in [4.69, 9.17) is 14.2 Å². The maximum absolute atomic E-state index is 12.4. The summed E-state index contributed by atoms with van der Waals surface area (Å²) in [5, 5.41) is 0. The Bertz CT molecular complexity index is 922. The number of carbonyl (C=O) groups excluding carboxylic acids is 3. The van der Waals surface area contributed by atoms with Crippen molar-refractivity contribution in [3.05, 3.63) is 71.3 Å². The van der Waals surface area contributed by atoms with Gasteiger partial charge in [-0.25, -0.2) is 4.79 Å². The number of nitrogens with zero attached hydrogens (tertiary/aromatic N) is 2. The first-order valence-electron chi connectivity index (χ1n) is 11.6. The largest absolute Gasteiger partial charge is 0.465 e. The molecule has 0 N–H and O–H groups in total. The highest BCUT2D eigenvalue weighted by Crippen LogP contribution is 2.21. The smallest absolute Gasteiger partial charge is 0.410 e. The molecule has 0 aromatic heterocycles. The molecule has 3 rings (SSSR count). The second-order valence-corrected chi connectivity index (χ2v) is 7.98. The van der Waals surface area contributed by atoms with E-state index >= 15 is 0 Å². The number of hydrogen-bond donors (Lipinski definition) is 0. The summed E-state index contributed by atoms with van der Waals surface area (Å²) >= 11 is 0. The first-order valence-corrected chi connectivity index (χ1v) is 11.6. The maximum atomic E-state index is 12.4. The third-order valence-corrected chi connectivity index (χ3v) is 5.60. The van der Waals surface area contributed by atoms with Gasteiger partial charge in [-0.15, -0.1) is 0 Å². The van der Waals surface area contributed by atoms with E-state index in [0.29, 0.717) is 25.2 Å². The molecule has 1 heterocycles. The fourth-order valence-corrected chi connectivity index (χ4v) is 3.79. The molecule has 0 spiro atoms. The van der Waals surface area contributed by atoms with Crippen LogP contribution >= 0.6 is 0 Å². The van der Waals surface area contributed by atoms with Gasteiger partial charge in [-0.1, -0.05) is 54.6 Å². The molecule has 0 aliphatic carbocycles. The van der Waals surface area contributed by atoms with Gasteiger partial charge in [0.05, 0.1) is 13.2 Å². The van der Waals surface area contributed by atoms with Gasteiger partial charge in [0.15, 0.2) is 5.92 Å². The Hall–Kier alpha value is -3.39. The van der Waals surface area contributed by atoms with Gasteiger partial charge in [0.25, 0.3) is 0 Å². The molecule has 0 unspecified atom stereocenters. The van der Waals surface area contributed by atoms with E-state index in [1.807, 2.05) is 42.5 Å². The summed E-state index contributed by atoms with van der Waals surface area (Å²) in [7, 11) is 0. The Kier molecular flexibility index (Phi) is 9.46. The Morgan fingerprint density at radius 3 is 1.91 bits per heavy atom. The average Bonchev–Trinajstić information content (AvgIpc) is 2.85. The van der Waals surface area contributed by atoms with Crippen molar-refractivity contribution in [1.29, 1.82) is 0 Å². The lowest BCUT2D eigenvalue weighted by molar-refractivity contribution is -0.156. The van der Waals surface area contributed by atoms with Gasteiger partial charge in [-0.3, -0.25) is 14.5 Å². The Morgan fingerprint density at radius 1 is 0.765 bits per heavy atom. The molecule has 1 aliphatic heterocycles. The van der Waals surface area contributed by atoms with E-state index in [9.17, 15) is 14.4 Å². The molecule has 182 valence electrons. The van der Waals surface area contributed by atoms with Crippen molar-refractivity contribution in [3.63, 3.8) is 0 Å². The van der Waals surface area contributed by atoms with Crippen molar-refractivity contribution in [2.45, 2.75) is 32.9 Å². The van der Waals surface area contributed by atoms with Gasteiger partial charge in [-0.2, -0.15) is 0 Å². The van der Waals surface area contributed by atoms with E-state index in [1.165, 1.54) is 0 Å². The summed E-state index contributed by atoms with van der Waals surface area (Å²) in [5.41, 5.74) is 2.56. The van der Waals surface area contributed by atoms with Crippen LogP contribution in [0.15, 0.2) is 54.6 Å². The molecule has 0 bridgehead atoms. The normalized spacial score (nSPS) is 14.0. The van der Waals surface area contributed by atoms with Crippen molar-refractivity contribution >= 4 is 18.0 Å². The number of hydrogen-bond acceptors (Lipinski definition) is 7. The molecule has 2 aromatic carbocycles. The zero-order chi connectivity index (χ0) is 24.3. The molecule has 8 nitrogen and oxygen atoms in total. The van der Waals surface area contributed by atoms with Crippen LogP contribution in [0, 0.1) is 0 Å². The van der Waals surface area contributed by atoms with Gasteiger partial charge < -0.3 is 19.1 Å². The Labute approximate surface area is 200 Å². The zero-order valence-corrected chi connectivity index (χ0v) is 19.8. The van der Waals surface area contributed by atoms with Crippen molar-refractivity contribution in [3.8, 4) is 0 Å². The van der Waals surface area contributed by atoms with Crippen LogP contribution in [0.3, 0.4) is 0 Å². The topological polar surface area (TPSA) is 85.4 Å². The lowest BCUT2D eigenvalue weighted by Crippen LogP contribution is -2.48. The van der Waals surface area contributed by atoms with Gasteiger partial charge in [0, 0.05) is 32.7 Å². The summed E-state index contributed by atoms with van der Waals surface area (Å²) in [4.78, 5) is 40.9. The zero-order valence-electron chi connectivity index (χ0n) is 19.8. The molecule has 1 saturated heterocycles. The van der Waals surface area contributed by atoms with E-state index in [-0.39, 0.29) is 25.9 Å². The molecule has 34 heavy (non-hydrogen) atoms. The molecule has 0 saturated carbocycles. The number of ether oxygens (including phenoxy) is 3. The summed E-state index contributed by atoms with van der Waals surface area (Å²) in [5.74, 6) is -2.30. The number of benzene rings is 2. The molecule has 1 amide bonds. The number of esters is 2. The Balaban J connectivity index is 1.50. The second-order valence-electron chi connectivity index (χ2n) is 7.98. The van der Waals surface area contributed by atoms with Crippen LogP contribution < -0.4 is 0 Å². The molecule has 2 aromatic rings. The van der Waals surface area contributed by atoms with Crippen LogP contribution in [0.5, 0.6) is 0 Å². The van der Waals surface area contributed by atoms with Gasteiger partial charge in [0.2, 0.25) is 0 Å². The van der Waals surface area contributed by atoms with Crippen molar-refractivity contribution in [2.75, 3.05) is 39.4 Å². The minimum atomic E-state index is -1.08. The van der Waals surface area contributed by atoms with Gasteiger partial charge >= 0.3 is 18.0 Å². The van der Waals surface area contributed by atoms with Gasteiger partial charge in [-0.05, 0) is 30.5 Å². The molecular weight excluding hydrogens is 436 g/mol. The number of piperazine rings is 1. The molecule has 0 radical (unpaired) electrons. The van der Waals surface area contributed by atoms with E-state index in [2.05, 4.69) is 4.90 Å². The third kappa shape index (κ3) is 7.05. The number of rotatable bonds is 9.